The van der Waals surface area contributed by atoms with Gasteiger partial charge in [-0.25, -0.2) is 13.8 Å². The third-order valence-electron chi connectivity index (χ3n) is 4.07. The third-order valence-corrected chi connectivity index (χ3v) is 5.31. The molecule has 0 spiro atoms. The molecule has 1 N–H and O–H groups in total. The average molecular weight is 427 g/mol. The molecule has 0 saturated carbocycles. The molecule has 0 aliphatic heterocycles. The number of ether oxygens (including phenoxy) is 1. The van der Waals surface area contributed by atoms with Crippen molar-refractivity contribution in [3.05, 3.63) is 78.8 Å². The van der Waals surface area contributed by atoms with Gasteiger partial charge >= 0.3 is 0 Å². The molecule has 9 heteroatoms. The zero-order valence-corrected chi connectivity index (χ0v) is 17.2. The molecular weight excluding hydrogens is 406 g/mol. The van der Waals surface area contributed by atoms with Crippen LogP contribution in [0.2, 0.25) is 0 Å². The summed E-state index contributed by atoms with van der Waals surface area (Å²) in [4.78, 5) is 12.5. The van der Waals surface area contributed by atoms with Crippen LogP contribution in [-0.2, 0) is 14.8 Å². The van der Waals surface area contributed by atoms with Crippen LogP contribution in [0.3, 0.4) is 0 Å². The maximum atomic E-state index is 12.5. The van der Waals surface area contributed by atoms with Crippen LogP contribution in [0, 0.1) is 0 Å². The highest BCUT2D eigenvalue weighted by Gasteiger charge is 2.29. The number of hydrogen-bond acceptors (Lipinski definition) is 6. The number of carbonyl (C=O) groups is 1. The van der Waals surface area contributed by atoms with Crippen molar-refractivity contribution >= 4 is 27.8 Å². The highest BCUT2D eigenvalue weighted by atomic mass is 32.2. The number of nitrogens with one attached hydrogen (secondary N) is 1. The number of hydrogen-bond donors (Lipinski definition) is 1. The predicted octanol–water partition coefficient (Wildman–Crippen LogP) is 3.38. The molecule has 0 saturated heterocycles. The van der Waals surface area contributed by atoms with Crippen molar-refractivity contribution in [2.45, 2.75) is 13.0 Å². The SMILES string of the molecule is C[C@H](C(=O)N/N=C\c1ccco1)N(c1ccc(Oc2ccccc2)cc1)S(C)(=O)=O. The summed E-state index contributed by atoms with van der Waals surface area (Å²) in [6, 6.07) is 18.0. The number of benzene rings is 2. The highest BCUT2D eigenvalue weighted by molar-refractivity contribution is 7.92. The number of rotatable bonds is 8. The van der Waals surface area contributed by atoms with E-state index < -0.39 is 22.0 Å². The Bertz CT molecular complexity index is 1100. The van der Waals surface area contributed by atoms with E-state index in [-0.39, 0.29) is 0 Å². The first kappa shape index (κ1) is 21.1. The summed E-state index contributed by atoms with van der Waals surface area (Å²) in [5.74, 6) is 1.07. The molecule has 8 nitrogen and oxygen atoms in total. The van der Waals surface area contributed by atoms with Crippen LogP contribution < -0.4 is 14.5 Å². The molecule has 1 heterocycles. The van der Waals surface area contributed by atoms with Crippen LogP contribution in [0.5, 0.6) is 11.5 Å². The summed E-state index contributed by atoms with van der Waals surface area (Å²) in [6.07, 6.45) is 3.84. The first-order valence-corrected chi connectivity index (χ1v) is 10.9. The number of hydrazone groups is 1. The molecule has 0 bridgehead atoms. The number of carbonyl (C=O) groups excluding carboxylic acids is 1. The number of amides is 1. The molecule has 30 heavy (non-hydrogen) atoms. The van der Waals surface area contributed by atoms with E-state index in [1.54, 1.807) is 36.4 Å². The zero-order chi connectivity index (χ0) is 21.6. The van der Waals surface area contributed by atoms with E-state index >= 15 is 0 Å². The first-order valence-electron chi connectivity index (χ1n) is 9.03. The number of nitrogens with zero attached hydrogens (tertiary/aromatic N) is 2. The molecule has 0 radical (unpaired) electrons. The number of furan rings is 1. The molecule has 0 aliphatic rings. The summed E-state index contributed by atoms with van der Waals surface area (Å²) in [5, 5.41) is 3.79. The van der Waals surface area contributed by atoms with Gasteiger partial charge in [-0.05, 0) is 55.5 Å². The van der Waals surface area contributed by atoms with Crippen molar-refractivity contribution in [3.63, 3.8) is 0 Å². The van der Waals surface area contributed by atoms with Crippen molar-refractivity contribution < 1.29 is 22.4 Å². The van der Waals surface area contributed by atoms with E-state index in [4.69, 9.17) is 9.15 Å². The Morgan fingerprint density at radius 1 is 1.07 bits per heavy atom. The molecule has 3 aromatic rings. The minimum absolute atomic E-state index is 0.329. The van der Waals surface area contributed by atoms with Crippen molar-refractivity contribution in [1.82, 2.24) is 5.43 Å². The first-order chi connectivity index (χ1) is 14.3. The fourth-order valence-corrected chi connectivity index (χ4v) is 3.89. The summed E-state index contributed by atoms with van der Waals surface area (Å²) < 4.78 is 36.6. The van der Waals surface area contributed by atoms with Gasteiger partial charge in [0.2, 0.25) is 10.0 Å². The molecule has 1 amide bonds. The predicted molar refractivity (Wildman–Crippen MR) is 114 cm³/mol. The van der Waals surface area contributed by atoms with Gasteiger partial charge in [0.15, 0.2) is 0 Å². The van der Waals surface area contributed by atoms with Crippen LogP contribution in [0.1, 0.15) is 12.7 Å². The van der Waals surface area contributed by atoms with Gasteiger partial charge < -0.3 is 9.15 Å². The highest BCUT2D eigenvalue weighted by Crippen LogP contribution is 2.26. The maximum Gasteiger partial charge on any atom is 0.263 e. The van der Waals surface area contributed by atoms with Gasteiger partial charge in [0, 0.05) is 0 Å². The summed E-state index contributed by atoms with van der Waals surface area (Å²) >= 11 is 0. The standard InChI is InChI=1S/C21H21N3O5S/c1-16(21(25)23-22-15-20-9-6-14-28-20)24(30(2,26)27)17-10-12-19(13-11-17)29-18-7-4-3-5-8-18/h3-16H,1-2H3,(H,23,25)/b22-15-/t16-/m1/s1. The van der Waals surface area contributed by atoms with E-state index in [1.807, 2.05) is 30.3 Å². The minimum atomic E-state index is -3.74. The molecule has 1 aromatic heterocycles. The topological polar surface area (TPSA) is 101 Å². The van der Waals surface area contributed by atoms with Crippen molar-refractivity contribution in [3.8, 4) is 11.5 Å². The van der Waals surface area contributed by atoms with Crippen LogP contribution in [0.15, 0.2) is 82.5 Å². The third kappa shape index (κ3) is 5.48. The van der Waals surface area contributed by atoms with Crippen molar-refractivity contribution in [2.75, 3.05) is 10.6 Å². The summed E-state index contributed by atoms with van der Waals surface area (Å²) in [5.41, 5.74) is 2.66. The molecular formula is C21H21N3O5S. The molecule has 0 unspecified atom stereocenters. The Morgan fingerprint density at radius 2 is 1.73 bits per heavy atom. The van der Waals surface area contributed by atoms with Crippen LogP contribution in [-0.4, -0.2) is 32.8 Å². The van der Waals surface area contributed by atoms with Gasteiger partial charge in [-0.3, -0.25) is 9.10 Å². The Balaban J connectivity index is 1.74. The van der Waals surface area contributed by atoms with Gasteiger partial charge in [-0.15, -0.1) is 0 Å². The monoisotopic (exact) mass is 427 g/mol. The number of sulfonamides is 1. The molecule has 3 rings (SSSR count). The van der Waals surface area contributed by atoms with Crippen molar-refractivity contribution in [1.29, 1.82) is 0 Å². The lowest BCUT2D eigenvalue weighted by Gasteiger charge is -2.27. The maximum absolute atomic E-state index is 12.5. The van der Waals surface area contributed by atoms with E-state index in [0.29, 0.717) is 22.9 Å². The van der Waals surface area contributed by atoms with Crippen molar-refractivity contribution in [2.24, 2.45) is 5.10 Å². The largest absolute Gasteiger partial charge is 0.463 e. The lowest BCUT2D eigenvalue weighted by atomic mass is 10.2. The molecule has 1 atom stereocenters. The van der Waals surface area contributed by atoms with Gasteiger partial charge in [-0.1, -0.05) is 18.2 Å². The van der Waals surface area contributed by atoms with Gasteiger partial charge in [0.05, 0.1) is 24.4 Å². The Hall–Kier alpha value is -3.59. The number of anilines is 1. The quantitative estimate of drug-likeness (QED) is 0.439. The second-order valence-electron chi connectivity index (χ2n) is 6.39. The lowest BCUT2D eigenvalue weighted by molar-refractivity contribution is -0.121. The molecule has 0 aliphatic carbocycles. The normalized spacial score (nSPS) is 12.5. The molecule has 156 valence electrons. The van der Waals surface area contributed by atoms with Crippen LogP contribution >= 0.6 is 0 Å². The fourth-order valence-electron chi connectivity index (χ4n) is 2.71. The Morgan fingerprint density at radius 3 is 2.33 bits per heavy atom. The smallest absolute Gasteiger partial charge is 0.263 e. The minimum Gasteiger partial charge on any atom is -0.463 e. The fraction of sp³-hybridized carbons (Fsp3) is 0.143. The number of para-hydroxylation sites is 1. The second-order valence-corrected chi connectivity index (χ2v) is 8.25. The summed E-state index contributed by atoms with van der Waals surface area (Å²) in [6.45, 7) is 1.48. The molecule has 0 fully saturated rings. The summed E-state index contributed by atoms with van der Waals surface area (Å²) in [7, 11) is -3.74. The Labute approximate surface area is 174 Å². The van der Waals surface area contributed by atoms with Gasteiger partial charge in [0.25, 0.3) is 5.91 Å². The average Bonchev–Trinajstić information content (AvgIpc) is 3.22. The van der Waals surface area contributed by atoms with Gasteiger partial charge in [-0.2, -0.15) is 5.10 Å². The van der Waals surface area contributed by atoms with E-state index in [2.05, 4.69) is 10.5 Å². The lowest BCUT2D eigenvalue weighted by Crippen LogP contribution is -2.46. The molecule has 2 aromatic carbocycles. The van der Waals surface area contributed by atoms with E-state index in [9.17, 15) is 13.2 Å². The van der Waals surface area contributed by atoms with E-state index in [1.165, 1.54) is 19.4 Å². The van der Waals surface area contributed by atoms with E-state index in [0.717, 1.165) is 10.6 Å². The van der Waals surface area contributed by atoms with Gasteiger partial charge in [0.1, 0.15) is 23.3 Å². The van der Waals surface area contributed by atoms with Crippen LogP contribution in [0.4, 0.5) is 5.69 Å². The zero-order valence-electron chi connectivity index (χ0n) is 16.4. The van der Waals surface area contributed by atoms with Crippen LogP contribution in [0.25, 0.3) is 0 Å². The Kier molecular flexibility index (Phi) is 6.53. The second kappa shape index (κ2) is 9.27.